The number of hydrogen-bond acceptors (Lipinski definition) is 1. The van der Waals surface area contributed by atoms with Gasteiger partial charge in [-0.1, -0.05) is 60.2 Å². The molecule has 0 spiro atoms. The smallest absolute Gasteiger partial charge is 0.131 e. The Morgan fingerprint density at radius 2 is 1.76 bits per heavy atom. The summed E-state index contributed by atoms with van der Waals surface area (Å²) < 4.78 is 6.96. The van der Waals surface area contributed by atoms with Gasteiger partial charge >= 0.3 is 0 Å². The molecule has 1 aliphatic heterocycles. The van der Waals surface area contributed by atoms with Gasteiger partial charge in [-0.05, 0) is 37.8 Å². The molecule has 1 fully saturated rings. The van der Waals surface area contributed by atoms with E-state index in [1.54, 1.807) is 0 Å². The van der Waals surface area contributed by atoms with Gasteiger partial charge in [0.1, 0.15) is 5.60 Å². The van der Waals surface area contributed by atoms with Crippen LogP contribution in [0.4, 0.5) is 0 Å². The van der Waals surface area contributed by atoms with Crippen LogP contribution >= 0.6 is 22.6 Å². The topological polar surface area (TPSA) is 12.5 Å². The third kappa shape index (κ3) is 2.39. The Balaban J connectivity index is 2.13. The van der Waals surface area contributed by atoms with Gasteiger partial charge in [0, 0.05) is 4.43 Å². The summed E-state index contributed by atoms with van der Waals surface area (Å²) in [6.45, 7) is 6.59. The van der Waals surface area contributed by atoms with Gasteiger partial charge < -0.3 is 4.74 Å². The first-order valence-corrected chi connectivity index (χ1v) is 7.94. The van der Waals surface area contributed by atoms with Crippen LogP contribution in [-0.4, -0.2) is 10.0 Å². The van der Waals surface area contributed by atoms with Crippen molar-refractivity contribution in [2.75, 3.05) is 4.43 Å². The summed E-state index contributed by atoms with van der Waals surface area (Å²) in [5.74, 6) is 0. The van der Waals surface area contributed by atoms with Crippen molar-refractivity contribution in [2.24, 2.45) is 0 Å². The van der Waals surface area contributed by atoms with E-state index in [1.807, 2.05) is 0 Å². The Morgan fingerprint density at radius 1 is 1.18 bits per heavy atom. The van der Waals surface area contributed by atoms with E-state index < -0.39 is 0 Å². The second-order valence-electron chi connectivity index (χ2n) is 5.37. The first-order chi connectivity index (χ1) is 8.05. The summed E-state index contributed by atoms with van der Waals surface area (Å²) in [6, 6.07) is 9.02. The molecule has 2 rings (SSSR count). The lowest BCUT2D eigenvalue weighted by Crippen LogP contribution is -2.20. The molecule has 1 nitrogen and oxygen atoms in total. The van der Waals surface area contributed by atoms with Crippen molar-refractivity contribution in [3.8, 4) is 0 Å². The third-order valence-corrected chi connectivity index (χ3v) is 4.86. The number of epoxide rings is 1. The molecular weight excluding hydrogens is 323 g/mol. The minimum absolute atomic E-state index is 0.000868. The van der Waals surface area contributed by atoms with Gasteiger partial charge in [-0.2, -0.15) is 0 Å². The highest BCUT2D eigenvalue weighted by molar-refractivity contribution is 14.1. The van der Waals surface area contributed by atoms with Crippen LogP contribution in [0.2, 0.25) is 0 Å². The second-order valence-corrected chi connectivity index (χ2v) is 6.14. The molecule has 2 heteroatoms. The SMILES string of the molecule is CCCCc1ccc([C@]2(CI)OC2(C)C)cc1. The van der Waals surface area contributed by atoms with Crippen LogP contribution in [-0.2, 0) is 16.8 Å². The summed E-state index contributed by atoms with van der Waals surface area (Å²) in [4.78, 5) is 0. The molecule has 1 aromatic rings. The predicted molar refractivity (Wildman–Crippen MR) is 80.8 cm³/mol. The number of halogens is 1. The summed E-state index contributed by atoms with van der Waals surface area (Å²) in [6.07, 6.45) is 3.73. The quantitative estimate of drug-likeness (QED) is 0.436. The molecule has 0 bridgehead atoms. The van der Waals surface area contributed by atoms with E-state index in [0.29, 0.717) is 0 Å². The normalized spacial score (nSPS) is 25.9. The van der Waals surface area contributed by atoms with E-state index in [4.69, 9.17) is 4.74 Å². The fourth-order valence-corrected chi connectivity index (χ4v) is 3.92. The van der Waals surface area contributed by atoms with E-state index in [0.717, 1.165) is 4.43 Å². The molecule has 0 aliphatic carbocycles. The molecule has 17 heavy (non-hydrogen) atoms. The van der Waals surface area contributed by atoms with Gasteiger partial charge in [0.25, 0.3) is 0 Å². The standard InChI is InChI=1S/C15H21IO/c1-4-5-6-12-7-9-13(10-8-12)15(11-16)14(2,3)17-15/h7-10H,4-6,11H2,1-3H3/t15-/m0/s1. The van der Waals surface area contributed by atoms with Crippen molar-refractivity contribution >= 4 is 22.6 Å². The zero-order chi connectivity index (χ0) is 12.5. The Morgan fingerprint density at radius 3 is 2.18 bits per heavy atom. The van der Waals surface area contributed by atoms with E-state index >= 15 is 0 Å². The molecule has 0 amide bonds. The molecule has 0 aromatic heterocycles. The van der Waals surface area contributed by atoms with Crippen LogP contribution in [0.5, 0.6) is 0 Å². The highest BCUT2D eigenvalue weighted by Gasteiger charge is 2.63. The van der Waals surface area contributed by atoms with Crippen LogP contribution in [0.1, 0.15) is 44.7 Å². The van der Waals surface area contributed by atoms with Crippen molar-refractivity contribution in [1.82, 2.24) is 0 Å². The lowest BCUT2D eigenvalue weighted by Gasteiger charge is -2.13. The lowest BCUT2D eigenvalue weighted by atomic mass is 9.89. The van der Waals surface area contributed by atoms with Gasteiger partial charge in [-0.15, -0.1) is 0 Å². The third-order valence-electron chi connectivity index (χ3n) is 3.79. The number of unbranched alkanes of at least 4 members (excludes halogenated alkanes) is 1. The molecule has 0 saturated carbocycles. The van der Waals surface area contributed by atoms with Gasteiger partial charge in [0.15, 0.2) is 0 Å². The molecule has 1 saturated heterocycles. The molecule has 1 heterocycles. The summed E-state index contributed by atoms with van der Waals surface area (Å²) in [5, 5.41) is 0. The molecule has 0 radical (unpaired) electrons. The molecule has 1 aromatic carbocycles. The van der Waals surface area contributed by atoms with Crippen LogP contribution in [0.25, 0.3) is 0 Å². The van der Waals surface area contributed by atoms with Crippen molar-refractivity contribution in [2.45, 2.75) is 51.2 Å². The highest BCUT2D eigenvalue weighted by Crippen LogP contribution is 2.56. The second kappa shape index (κ2) is 4.88. The van der Waals surface area contributed by atoms with E-state index in [2.05, 4.69) is 67.6 Å². The van der Waals surface area contributed by atoms with Crippen molar-refractivity contribution in [1.29, 1.82) is 0 Å². The van der Waals surface area contributed by atoms with Gasteiger partial charge in [-0.25, -0.2) is 0 Å². The van der Waals surface area contributed by atoms with E-state index in [9.17, 15) is 0 Å². The molecule has 0 unspecified atom stereocenters. The largest absolute Gasteiger partial charge is 0.357 e. The summed E-state index contributed by atoms with van der Waals surface area (Å²) in [7, 11) is 0. The van der Waals surface area contributed by atoms with Gasteiger partial charge in [0.05, 0.1) is 5.60 Å². The molecule has 94 valence electrons. The van der Waals surface area contributed by atoms with Crippen LogP contribution in [0.15, 0.2) is 24.3 Å². The maximum atomic E-state index is 5.94. The van der Waals surface area contributed by atoms with Crippen LogP contribution < -0.4 is 0 Å². The maximum Gasteiger partial charge on any atom is 0.131 e. The molecule has 0 N–H and O–H groups in total. The molecular formula is C15H21IO. The van der Waals surface area contributed by atoms with Crippen LogP contribution in [0, 0.1) is 0 Å². The summed E-state index contributed by atoms with van der Waals surface area (Å²) >= 11 is 2.43. The monoisotopic (exact) mass is 344 g/mol. The average Bonchev–Trinajstić information content (AvgIpc) is 2.91. The minimum atomic E-state index is -0.0448. The van der Waals surface area contributed by atoms with Crippen molar-refractivity contribution in [3.05, 3.63) is 35.4 Å². The number of alkyl halides is 1. The fourth-order valence-electron chi connectivity index (χ4n) is 2.40. The van der Waals surface area contributed by atoms with Crippen molar-refractivity contribution < 1.29 is 4.74 Å². The number of rotatable bonds is 5. The number of ether oxygens (including phenoxy) is 1. The Bertz CT molecular complexity index is 382. The number of aryl methyl sites for hydroxylation is 1. The van der Waals surface area contributed by atoms with Crippen LogP contribution in [0.3, 0.4) is 0 Å². The Labute approximate surface area is 118 Å². The Hall–Kier alpha value is -0.0900. The number of benzene rings is 1. The highest BCUT2D eigenvalue weighted by atomic mass is 127. The summed E-state index contributed by atoms with van der Waals surface area (Å²) in [5.41, 5.74) is 2.73. The first kappa shape index (κ1) is 13.3. The minimum Gasteiger partial charge on any atom is -0.357 e. The number of hydrogen-bond donors (Lipinski definition) is 0. The van der Waals surface area contributed by atoms with Gasteiger partial charge in [-0.3, -0.25) is 0 Å². The zero-order valence-corrected chi connectivity index (χ0v) is 13.1. The Kier molecular flexibility index (Phi) is 3.83. The van der Waals surface area contributed by atoms with Crippen molar-refractivity contribution in [3.63, 3.8) is 0 Å². The average molecular weight is 344 g/mol. The zero-order valence-electron chi connectivity index (χ0n) is 10.9. The van der Waals surface area contributed by atoms with E-state index in [-0.39, 0.29) is 11.2 Å². The molecule has 1 aliphatic rings. The first-order valence-electron chi connectivity index (χ1n) is 6.41. The van der Waals surface area contributed by atoms with E-state index in [1.165, 1.54) is 30.4 Å². The lowest BCUT2D eigenvalue weighted by molar-refractivity contribution is 0.292. The van der Waals surface area contributed by atoms with Gasteiger partial charge in [0.2, 0.25) is 0 Å². The maximum absolute atomic E-state index is 5.94. The molecule has 1 atom stereocenters. The predicted octanol–water partition coefficient (Wildman–Crippen LogP) is 4.47. The fraction of sp³-hybridized carbons (Fsp3) is 0.600.